The van der Waals surface area contributed by atoms with Crippen LogP contribution in [-0.2, 0) is 0 Å². The fourth-order valence-electron chi connectivity index (χ4n) is 0.815. The maximum Gasteiger partial charge on any atom is 0.0786 e. The largest absolute Gasteiger partial charge is 0.0842 e. The predicted molar refractivity (Wildman–Crippen MR) is 61.4 cm³/mol. The molecule has 0 unspecified atom stereocenters. The Balaban J connectivity index is 3.53. The van der Waals surface area contributed by atoms with Gasteiger partial charge in [0.2, 0.25) is 0 Å². The highest BCUT2D eigenvalue weighted by molar-refractivity contribution is 6.55. The summed E-state index contributed by atoms with van der Waals surface area (Å²) in [5.41, 5.74) is 0.416. The molecule has 0 radical (unpaired) electrons. The van der Waals surface area contributed by atoms with Crippen LogP contribution in [0.3, 0.4) is 0 Å². The average molecular weight is 276 g/mol. The molecule has 0 atom stereocenters. The minimum atomic E-state index is 0.221. The second kappa shape index (κ2) is 4.29. The number of hydrogen-bond acceptors (Lipinski definition) is 0. The molecular formula is C8H3Cl5. The summed E-state index contributed by atoms with van der Waals surface area (Å²) in [7, 11) is 0. The lowest BCUT2D eigenvalue weighted by Gasteiger charge is -2.07. The van der Waals surface area contributed by atoms with E-state index < -0.39 is 0 Å². The van der Waals surface area contributed by atoms with Crippen LogP contribution in [0, 0.1) is 0 Å². The van der Waals surface area contributed by atoms with Gasteiger partial charge in [-0.2, -0.15) is 0 Å². The zero-order valence-corrected chi connectivity index (χ0v) is 9.95. The Kier molecular flexibility index (Phi) is 3.79. The van der Waals surface area contributed by atoms with Gasteiger partial charge in [-0.1, -0.05) is 64.6 Å². The standard InChI is InChI=1S/C8H3Cl5/c1-3(9)6-4(10)2-5(11)7(12)8(6)13/h2H,1H2. The molecule has 0 saturated carbocycles. The molecule has 13 heavy (non-hydrogen) atoms. The van der Waals surface area contributed by atoms with Crippen molar-refractivity contribution in [1.29, 1.82) is 0 Å². The van der Waals surface area contributed by atoms with Crippen molar-refractivity contribution < 1.29 is 0 Å². The molecule has 0 N–H and O–H groups in total. The molecule has 1 aromatic carbocycles. The van der Waals surface area contributed by atoms with Gasteiger partial charge in [-0.05, 0) is 6.07 Å². The highest BCUT2D eigenvalue weighted by Crippen LogP contribution is 2.41. The highest BCUT2D eigenvalue weighted by atomic mass is 35.5. The van der Waals surface area contributed by atoms with Crippen molar-refractivity contribution in [3.63, 3.8) is 0 Å². The summed E-state index contributed by atoms with van der Waals surface area (Å²) in [5, 5.41) is 1.30. The second-order valence-corrected chi connectivity index (χ2v) is 4.27. The molecule has 0 saturated heterocycles. The number of benzene rings is 1. The lowest BCUT2D eigenvalue weighted by Crippen LogP contribution is -1.83. The Morgan fingerprint density at radius 2 is 1.54 bits per heavy atom. The van der Waals surface area contributed by atoms with E-state index in [4.69, 9.17) is 58.0 Å². The van der Waals surface area contributed by atoms with Gasteiger partial charge >= 0.3 is 0 Å². The Bertz CT molecular complexity index is 369. The van der Waals surface area contributed by atoms with Crippen molar-refractivity contribution in [3.05, 3.63) is 38.3 Å². The molecule has 0 aliphatic rings. The van der Waals surface area contributed by atoms with Crippen molar-refractivity contribution in [3.8, 4) is 0 Å². The van der Waals surface area contributed by atoms with Crippen molar-refractivity contribution >= 4 is 63.0 Å². The van der Waals surface area contributed by atoms with Crippen LogP contribution in [0.15, 0.2) is 12.6 Å². The van der Waals surface area contributed by atoms with Gasteiger partial charge < -0.3 is 0 Å². The molecule has 0 heterocycles. The van der Waals surface area contributed by atoms with Crippen LogP contribution >= 0.6 is 58.0 Å². The van der Waals surface area contributed by atoms with E-state index in [9.17, 15) is 0 Å². The maximum absolute atomic E-state index is 5.85. The first-order chi connectivity index (χ1) is 5.95. The van der Waals surface area contributed by atoms with E-state index >= 15 is 0 Å². The van der Waals surface area contributed by atoms with Crippen molar-refractivity contribution in [1.82, 2.24) is 0 Å². The van der Waals surface area contributed by atoms with Gasteiger partial charge in [0.1, 0.15) is 0 Å². The fourth-order valence-corrected chi connectivity index (χ4v) is 2.25. The summed E-state index contributed by atoms with van der Waals surface area (Å²) in [6, 6.07) is 1.47. The van der Waals surface area contributed by atoms with E-state index in [0.29, 0.717) is 15.6 Å². The fraction of sp³-hybridized carbons (Fsp3) is 0. The molecular weight excluding hydrogens is 273 g/mol. The smallest absolute Gasteiger partial charge is 0.0786 e. The summed E-state index contributed by atoms with van der Waals surface area (Å²) in [5.74, 6) is 0. The van der Waals surface area contributed by atoms with E-state index in [-0.39, 0.29) is 15.1 Å². The first kappa shape index (κ1) is 11.5. The van der Waals surface area contributed by atoms with Crippen molar-refractivity contribution in [2.45, 2.75) is 0 Å². The molecule has 1 aromatic rings. The molecule has 0 bridgehead atoms. The topological polar surface area (TPSA) is 0 Å². The average Bonchev–Trinajstić information content (AvgIpc) is 1.99. The number of halogens is 5. The van der Waals surface area contributed by atoms with E-state index in [0.717, 1.165) is 0 Å². The quantitative estimate of drug-likeness (QED) is 0.468. The molecule has 1 rings (SSSR count). The van der Waals surface area contributed by atoms with E-state index in [1.54, 1.807) is 0 Å². The SMILES string of the molecule is C=C(Cl)c1c(Cl)cc(Cl)c(Cl)c1Cl. The summed E-state index contributed by atoms with van der Waals surface area (Å²) in [4.78, 5) is 0. The van der Waals surface area contributed by atoms with Crippen LogP contribution in [0.5, 0.6) is 0 Å². The van der Waals surface area contributed by atoms with Gasteiger partial charge in [0.05, 0.1) is 20.1 Å². The third-order valence-corrected chi connectivity index (χ3v) is 3.13. The third-order valence-electron chi connectivity index (χ3n) is 1.39. The Labute approximate surface area is 101 Å². The zero-order chi connectivity index (χ0) is 10.2. The predicted octanol–water partition coefficient (Wildman–Crippen LogP) is 5.51. The van der Waals surface area contributed by atoms with E-state index in [2.05, 4.69) is 6.58 Å². The van der Waals surface area contributed by atoms with E-state index in [1.165, 1.54) is 6.07 Å². The molecule has 0 aliphatic heterocycles. The second-order valence-electron chi connectivity index (χ2n) is 2.25. The minimum absolute atomic E-state index is 0.221. The Morgan fingerprint density at radius 1 is 1.00 bits per heavy atom. The molecule has 0 spiro atoms. The van der Waals surface area contributed by atoms with Gasteiger partial charge in [0.15, 0.2) is 0 Å². The van der Waals surface area contributed by atoms with Gasteiger partial charge in [-0.3, -0.25) is 0 Å². The molecule has 0 aromatic heterocycles. The number of rotatable bonds is 1. The molecule has 0 nitrogen and oxygen atoms in total. The summed E-state index contributed by atoms with van der Waals surface area (Å²) in [6.07, 6.45) is 0. The number of hydrogen-bond donors (Lipinski definition) is 0. The van der Waals surface area contributed by atoms with Gasteiger partial charge in [0.25, 0.3) is 0 Å². The highest BCUT2D eigenvalue weighted by Gasteiger charge is 2.14. The van der Waals surface area contributed by atoms with Gasteiger partial charge in [-0.15, -0.1) is 0 Å². The minimum Gasteiger partial charge on any atom is -0.0842 e. The van der Waals surface area contributed by atoms with Crippen LogP contribution < -0.4 is 0 Å². The molecule has 0 aliphatic carbocycles. The Hall–Kier alpha value is 0.410. The lowest BCUT2D eigenvalue weighted by atomic mass is 10.2. The molecule has 5 heteroatoms. The molecule has 0 amide bonds. The van der Waals surface area contributed by atoms with Crippen LogP contribution in [0.4, 0.5) is 0 Å². The van der Waals surface area contributed by atoms with Crippen LogP contribution in [0.2, 0.25) is 20.1 Å². The molecule has 70 valence electrons. The monoisotopic (exact) mass is 274 g/mol. The van der Waals surface area contributed by atoms with Crippen LogP contribution in [0.1, 0.15) is 5.56 Å². The summed E-state index contributed by atoms with van der Waals surface area (Å²) in [6.45, 7) is 3.51. The first-order valence-corrected chi connectivity index (χ1v) is 5.02. The Morgan fingerprint density at radius 3 is 2.00 bits per heavy atom. The van der Waals surface area contributed by atoms with E-state index in [1.807, 2.05) is 0 Å². The first-order valence-electron chi connectivity index (χ1n) is 3.13. The van der Waals surface area contributed by atoms with Gasteiger partial charge in [0, 0.05) is 10.6 Å². The van der Waals surface area contributed by atoms with Crippen molar-refractivity contribution in [2.75, 3.05) is 0 Å². The summed E-state index contributed by atoms with van der Waals surface area (Å²) < 4.78 is 0. The summed E-state index contributed by atoms with van der Waals surface area (Å²) >= 11 is 28.9. The maximum atomic E-state index is 5.85. The van der Waals surface area contributed by atoms with Gasteiger partial charge in [-0.25, -0.2) is 0 Å². The van der Waals surface area contributed by atoms with Crippen molar-refractivity contribution in [2.24, 2.45) is 0 Å². The normalized spacial score (nSPS) is 10.2. The zero-order valence-electron chi connectivity index (χ0n) is 6.17. The third kappa shape index (κ3) is 2.26. The van der Waals surface area contributed by atoms with Crippen LogP contribution in [0.25, 0.3) is 5.03 Å². The lowest BCUT2D eigenvalue weighted by molar-refractivity contribution is 1.64. The van der Waals surface area contributed by atoms with Crippen LogP contribution in [-0.4, -0.2) is 0 Å². The molecule has 0 fully saturated rings.